The van der Waals surface area contributed by atoms with Gasteiger partial charge in [0, 0.05) is 29.7 Å². The number of pyridine rings is 1. The molecule has 0 bridgehead atoms. The highest BCUT2D eigenvalue weighted by Gasteiger charge is 2.29. The minimum absolute atomic E-state index is 0.169. The van der Waals surface area contributed by atoms with Crippen LogP contribution in [0.2, 0.25) is 5.02 Å². The maximum atomic E-state index is 12.1. The number of hydrogen-bond acceptors (Lipinski definition) is 5. The summed E-state index contributed by atoms with van der Waals surface area (Å²) in [6.07, 6.45) is 3.26. The molecule has 124 valence electrons. The molecule has 1 aromatic carbocycles. The highest BCUT2D eigenvalue weighted by molar-refractivity contribution is 6.31. The van der Waals surface area contributed by atoms with Crippen LogP contribution in [-0.2, 0) is 9.53 Å². The molecule has 1 aliphatic rings. The molecule has 0 saturated carbocycles. The van der Waals surface area contributed by atoms with Crippen LogP contribution in [0.15, 0.2) is 24.4 Å². The molecule has 0 unspecified atom stereocenters. The number of aromatic nitrogens is 1. The van der Waals surface area contributed by atoms with Gasteiger partial charge in [-0.15, -0.1) is 0 Å². The van der Waals surface area contributed by atoms with Gasteiger partial charge in [0.2, 0.25) is 0 Å². The third kappa shape index (κ3) is 3.15. The molecule has 1 fully saturated rings. The standard InChI is InChI=1S/C18H18ClN3O2/c1-2-24-18(23)12-4-3-7-22(11-12)17-13(9-20)10-21-16-6-5-14(19)8-15(16)17/h5-6,8,10,12H,2-4,7,11H2,1H3/t12-/m1/s1. The van der Waals surface area contributed by atoms with Crippen LogP contribution in [0.1, 0.15) is 25.3 Å². The van der Waals surface area contributed by atoms with E-state index in [0.29, 0.717) is 23.7 Å². The van der Waals surface area contributed by atoms with Gasteiger partial charge in [0.15, 0.2) is 0 Å². The zero-order valence-electron chi connectivity index (χ0n) is 13.5. The van der Waals surface area contributed by atoms with Crippen molar-refractivity contribution in [2.45, 2.75) is 19.8 Å². The molecule has 0 spiro atoms. The summed E-state index contributed by atoms with van der Waals surface area (Å²) in [5.74, 6) is -0.343. The van der Waals surface area contributed by atoms with Crippen LogP contribution >= 0.6 is 11.6 Å². The van der Waals surface area contributed by atoms with E-state index in [2.05, 4.69) is 16.0 Å². The van der Waals surface area contributed by atoms with Crippen LogP contribution in [0.3, 0.4) is 0 Å². The van der Waals surface area contributed by atoms with Gasteiger partial charge in [-0.2, -0.15) is 5.26 Å². The molecule has 1 aliphatic heterocycles. The zero-order valence-corrected chi connectivity index (χ0v) is 14.2. The van der Waals surface area contributed by atoms with Crippen LogP contribution in [0, 0.1) is 17.2 Å². The minimum atomic E-state index is -0.173. The lowest BCUT2D eigenvalue weighted by Crippen LogP contribution is -2.40. The number of rotatable bonds is 3. The van der Waals surface area contributed by atoms with Crippen LogP contribution in [0.5, 0.6) is 0 Å². The first kappa shape index (κ1) is 16.5. The van der Waals surface area contributed by atoms with E-state index in [4.69, 9.17) is 16.3 Å². The number of carbonyl (C=O) groups excluding carboxylic acids is 1. The summed E-state index contributed by atoms with van der Waals surface area (Å²) in [6.45, 7) is 3.52. The molecular formula is C18H18ClN3O2. The highest BCUT2D eigenvalue weighted by Crippen LogP contribution is 2.34. The minimum Gasteiger partial charge on any atom is -0.466 e. The number of nitriles is 1. The van der Waals surface area contributed by atoms with Crippen molar-refractivity contribution >= 4 is 34.2 Å². The predicted molar refractivity (Wildman–Crippen MR) is 93.0 cm³/mol. The third-order valence-electron chi connectivity index (χ3n) is 4.28. The lowest BCUT2D eigenvalue weighted by atomic mass is 9.96. The van der Waals surface area contributed by atoms with E-state index in [-0.39, 0.29) is 11.9 Å². The van der Waals surface area contributed by atoms with Gasteiger partial charge in [0.05, 0.1) is 29.3 Å². The molecule has 0 N–H and O–H groups in total. The summed E-state index contributed by atoms with van der Waals surface area (Å²) in [7, 11) is 0. The molecule has 1 atom stereocenters. The molecule has 24 heavy (non-hydrogen) atoms. The molecule has 1 saturated heterocycles. The van der Waals surface area contributed by atoms with Gasteiger partial charge in [0.25, 0.3) is 0 Å². The number of esters is 1. The molecule has 6 heteroatoms. The predicted octanol–water partition coefficient (Wildman–Crippen LogP) is 3.54. The van der Waals surface area contributed by atoms with Crippen LogP contribution in [0.25, 0.3) is 10.9 Å². The number of fused-ring (bicyclic) bond motifs is 1. The fourth-order valence-corrected chi connectivity index (χ4v) is 3.38. The maximum absolute atomic E-state index is 12.1. The Bertz CT molecular complexity index is 816. The molecular weight excluding hydrogens is 326 g/mol. The molecule has 5 nitrogen and oxygen atoms in total. The fourth-order valence-electron chi connectivity index (χ4n) is 3.21. The quantitative estimate of drug-likeness (QED) is 0.797. The van der Waals surface area contributed by atoms with Gasteiger partial charge >= 0.3 is 5.97 Å². The lowest BCUT2D eigenvalue weighted by Gasteiger charge is -2.34. The highest BCUT2D eigenvalue weighted by atomic mass is 35.5. The summed E-state index contributed by atoms with van der Waals surface area (Å²) in [4.78, 5) is 18.5. The average Bonchev–Trinajstić information content (AvgIpc) is 2.60. The van der Waals surface area contributed by atoms with E-state index in [0.717, 1.165) is 36.0 Å². The van der Waals surface area contributed by atoms with Crippen molar-refractivity contribution in [1.29, 1.82) is 5.26 Å². The normalized spacial score (nSPS) is 17.5. The zero-order chi connectivity index (χ0) is 17.1. The first-order chi connectivity index (χ1) is 11.6. The monoisotopic (exact) mass is 343 g/mol. The topological polar surface area (TPSA) is 66.2 Å². The fraction of sp³-hybridized carbons (Fsp3) is 0.389. The Morgan fingerprint density at radius 3 is 3.12 bits per heavy atom. The van der Waals surface area contributed by atoms with Crippen molar-refractivity contribution in [2.24, 2.45) is 5.92 Å². The summed E-state index contributed by atoms with van der Waals surface area (Å²) in [5, 5.41) is 10.9. The Balaban J connectivity index is 2.03. The molecule has 0 radical (unpaired) electrons. The second-order valence-corrected chi connectivity index (χ2v) is 6.27. The third-order valence-corrected chi connectivity index (χ3v) is 4.51. The van der Waals surface area contributed by atoms with Crippen LogP contribution < -0.4 is 4.90 Å². The van der Waals surface area contributed by atoms with Gasteiger partial charge in [-0.3, -0.25) is 9.78 Å². The molecule has 2 aromatic rings. The number of benzene rings is 1. The summed E-state index contributed by atoms with van der Waals surface area (Å²) in [6, 6.07) is 7.66. The van der Waals surface area contributed by atoms with Crippen LogP contribution in [0.4, 0.5) is 5.69 Å². The summed E-state index contributed by atoms with van der Waals surface area (Å²) < 4.78 is 5.16. The first-order valence-electron chi connectivity index (χ1n) is 8.04. The van der Waals surface area contributed by atoms with Crippen molar-refractivity contribution in [3.05, 3.63) is 35.0 Å². The van der Waals surface area contributed by atoms with Crippen LogP contribution in [-0.4, -0.2) is 30.6 Å². The second-order valence-electron chi connectivity index (χ2n) is 5.83. The molecule has 3 rings (SSSR count). The summed E-state index contributed by atoms with van der Waals surface area (Å²) in [5.41, 5.74) is 2.08. The Labute approximate surface area is 145 Å². The van der Waals surface area contributed by atoms with Crippen molar-refractivity contribution in [1.82, 2.24) is 4.98 Å². The van der Waals surface area contributed by atoms with E-state index in [9.17, 15) is 10.1 Å². The van der Waals surface area contributed by atoms with E-state index in [1.54, 1.807) is 12.3 Å². The molecule has 0 amide bonds. The number of carbonyl (C=O) groups is 1. The SMILES string of the molecule is CCOC(=O)[C@@H]1CCCN(c2c(C#N)cnc3ccc(Cl)cc23)C1. The van der Waals surface area contributed by atoms with Crippen molar-refractivity contribution in [3.63, 3.8) is 0 Å². The van der Waals surface area contributed by atoms with Crippen molar-refractivity contribution in [2.75, 3.05) is 24.6 Å². The molecule has 2 heterocycles. The average molecular weight is 344 g/mol. The Kier molecular flexibility index (Phi) is 4.86. The van der Waals surface area contributed by atoms with Gasteiger partial charge in [-0.05, 0) is 38.0 Å². The van der Waals surface area contributed by atoms with Gasteiger partial charge < -0.3 is 9.64 Å². The lowest BCUT2D eigenvalue weighted by molar-refractivity contribution is -0.148. The number of nitrogens with zero attached hydrogens (tertiary/aromatic N) is 3. The van der Waals surface area contributed by atoms with E-state index in [1.165, 1.54) is 0 Å². The number of ether oxygens (including phenoxy) is 1. The number of anilines is 1. The second kappa shape index (κ2) is 7.06. The maximum Gasteiger partial charge on any atom is 0.310 e. The van der Waals surface area contributed by atoms with E-state index < -0.39 is 0 Å². The Morgan fingerprint density at radius 1 is 1.54 bits per heavy atom. The van der Waals surface area contributed by atoms with E-state index in [1.807, 2.05) is 19.1 Å². The largest absolute Gasteiger partial charge is 0.466 e. The van der Waals surface area contributed by atoms with Crippen molar-refractivity contribution in [3.8, 4) is 6.07 Å². The summed E-state index contributed by atoms with van der Waals surface area (Å²) >= 11 is 6.14. The van der Waals surface area contributed by atoms with Gasteiger partial charge in [0.1, 0.15) is 6.07 Å². The van der Waals surface area contributed by atoms with Gasteiger partial charge in [-0.1, -0.05) is 11.6 Å². The molecule has 1 aromatic heterocycles. The molecule has 0 aliphatic carbocycles. The smallest absolute Gasteiger partial charge is 0.310 e. The number of hydrogen-bond donors (Lipinski definition) is 0. The van der Waals surface area contributed by atoms with Crippen molar-refractivity contribution < 1.29 is 9.53 Å². The Morgan fingerprint density at radius 2 is 2.38 bits per heavy atom. The van der Waals surface area contributed by atoms with E-state index >= 15 is 0 Å². The Hall–Kier alpha value is -2.32. The first-order valence-corrected chi connectivity index (χ1v) is 8.41. The van der Waals surface area contributed by atoms with Gasteiger partial charge in [-0.25, -0.2) is 0 Å². The number of halogens is 1. The number of piperidine rings is 1.